The lowest BCUT2D eigenvalue weighted by atomic mass is 9.86. The number of hydrogen-bond acceptors (Lipinski definition) is 2. The van der Waals surface area contributed by atoms with E-state index in [2.05, 4.69) is 37.9 Å². The number of hydrogen-bond donors (Lipinski definition) is 0. The first kappa shape index (κ1) is 11.2. The molecular weight excluding hydrogens is 208 g/mol. The molecule has 2 nitrogen and oxygen atoms in total. The van der Waals surface area contributed by atoms with Gasteiger partial charge in [-0.15, -0.1) is 0 Å². The van der Waals surface area contributed by atoms with Crippen LogP contribution in [0.5, 0.6) is 0 Å². The fraction of sp³-hybridized carbons (Fsp3) is 0.733. The van der Waals surface area contributed by atoms with Gasteiger partial charge in [0, 0.05) is 5.92 Å². The third-order valence-corrected chi connectivity index (χ3v) is 4.32. The van der Waals surface area contributed by atoms with E-state index in [1.54, 1.807) is 5.56 Å². The Balaban J connectivity index is 2.02. The molecule has 1 aromatic rings. The minimum atomic E-state index is 0.297. The van der Waals surface area contributed by atoms with Crippen LogP contribution < -0.4 is 0 Å². The molecule has 1 aromatic heterocycles. The molecule has 0 radical (unpaired) electrons. The van der Waals surface area contributed by atoms with Gasteiger partial charge < -0.3 is 0 Å². The predicted octanol–water partition coefficient (Wildman–Crippen LogP) is 3.74. The van der Waals surface area contributed by atoms with Crippen molar-refractivity contribution in [3.05, 3.63) is 22.5 Å². The second-order valence-electron chi connectivity index (χ2n) is 7.01. The van der Waals surface area contributed by atoms with Gasteiger partial charge in [-0.1, -0.05) is 20.8 Å². The highest BCUT2D eigenvalue weighted by Gasteiger charge is 2.40. The van der Waals surface area contributed by atoms with E-state index in [0.29, 0.717) is 5.41 Å². The molecule has 2 heteroatoms. The topological polar surface area (TPSA) is 25.8 Å². The van der Waals surface area contributed by atoms with Gasteiger partial charge in [0.05, 0.1) is 11.4 Å². The van der Waals surface area contributed by atoms with Crippen molar-refractivity contribution in [3.63, 3.8) is 0 Å². The fourth-order valence-electron chi connectivity index (χ4n) is 3.57. The minimum absolute atomic E-state index is 0.297. The third kappa shape index (κ3) is 1.78. The summed E-state index contributed by atoms with van der Waals surface area (Å²) in [7, 11) is 0. The Morgan fingerprint density at radius 1 is 1.12 bits per heavy atom. The summed E-state index contributed by atoms with van der Waals surface area (Å²) in [6.45, 7) is 9.07. The molecule has 1 saturated carbocycles. The molecule has 0 aromatic carbocycles. The third-order valence-electron chi connectivity index (χ3n) is 4.32. The SMILES string of the molecule is Cc1c(CC(C)(C)C)nnc2c1[C@H]1CC[C@@H]2C1. The lowest BCUT2D eigenvalue weighted by molar-refractivity contribution is 0.402. The monoisotopic (exact) mass is 230 g/mol. The molecule has 2 bridgehead atoms. The predicted molar refractivity (Wildman–Crippen MR) is 69.3 cm³/mol. The molecule has 2 atom stereocenters. The summed E-state index contributed by atoms with van der Waals surface area (Å²) in [4.78, 5) is 0. The number of aromatic nitrogens is 2. The zero-order valence-electron chi connectivity index (χ0n) is 11.4. The molecule has 0 aliphatic heterocycles. The van der Waals surface area contributed by atoms with E-state index in [9.17, 15) is 0 Å². The smallest absolute Gasteiger partial charge is 0.0699 e. The Hall–Kier alpha value is -0.920. The first-order chi connectivity index (χ1) is 7.96. The molecule has 1 heterocycles. The van der Waals surface area contributed by atoms with Gasteiger partial charge in [-0.25, -0.2) is 0 Å². The quantitative estimate of drug-likeness (QED) is 0.734. The second-order valence-corrected chi connectivity index (χ2v) is 7.01. The average Bonchev–Trinajstić information content (AvgIpc) is 2.80. The summed E-state index contributed by atoms with van der Waals surface area (Å²) in [6.07, 6.45) is 5.09. The molecule has 0 N–H and O–H groups in total. The Kier molecular flexibility index (Phi) is 2.33. The first-order valence-electron chi connectivity index (χ1n) is 6.81. The summed E-state index contributed by atoms with van der Waals surface area (Å²) >= 11 is 0. The maximum atomic E-state index is 4.54. The maximum Gasteiger partial charge on any atom is 0.0699 e. The molecule has 0 spiro atoms. The van der Waals surface area contributed by atoms with Crippen LogP contribution in [0.4, 0.5) is 0 Å². The molecule has 0 unspecified atom stereocenters. The van der Waals surface area contributed by atoms with Crippen molar-refractivity contribution in [2.24, 2.45) is 5.41 Å². The van der Waals surface area contributed by atoms with E-state index >= 15 is 0 Å². The van der Waals surface area contributed by atoms with Gasteiger partial charge >= 0.3 is 0 Å². The van der Waals surface area contributed by atoms with Crippen molar-refractivity contribution in [2.45, 2.75) is 65.2 Å². The Morgan fingerprint density at radius 2 is 1.82 bits per heavy atom. The van der Waals surface area contributed by atoms with E-state index in [4.69, 9.17) is 0 Å². The van der Waals surface area contributed by atoms with Gasteiger partial charge in [-0.2, -0.15) is 10.2 Å². The zero-order valence-corrected chi connectivity index (χ0v) is 11.4. The highest BCUT2D eigenvalue weighted by atomic mass is 15.1. The molecule has 92 valence electrons. The van der Waals surface area contributed by atoms with Crippen LogP contribution in [0.3, 0.4) is 0 Å². The van der Waals surface area contributed by atoms with E-state index in [1.807, 2.05) is 0 Å². The molecule has 3 rings (SSSR count). The molecular formula is C15H22N2. The van der Waals surface area contributed by atoms with Crippen molar-refractivity contribution in [1.82, 2.24) is 10.2 Å². The Labute approximate surface area is 104 Å². The van der Waals surface area contributed by atoms with Crippen LogP contribution in [0.25, 0.3) is 0 Å². The van der Waals surface area contributed by atoms with Gasteiger partial charge in [0.2, 0.25) is 0 Å². The molecule has 0 saturated heterocycles. The number of nitrogens with zero attached hydrogens (tertiary/aromatic N) is 2. The summed E-state index contributed by atoms with van der Waals surface area (Å²) in [6, 6.07) is 0. The normalized spacial score (nSPS) is 26.4. The Bertz CT molecular complexity index is 457. The lowest BCUT2D eigenvalue weighted by Crippen LogP contribution is -2.15. The minimum Gasteiger partial charge on any atom is -0.155 e. The second kappa shape index (κ2) is 3.54. The summed E-state index contributed by atoms with van der Waals surface area (Å²) in [5, 5.41) is 9.04. The summed E-state index contributed by atoms with van der Waals surface area (Å²) in [5.41, 5.74) is 5.86. The van der Waals surface area contributed by atoms with Crippen molar-refractivity contribution < 1.29 is 0 Å². The van der Waals surface area contributed by atoms with Gasteiger partial charge in [-0.05, 0) is 55.1 Å². The van der Waals surface area contributed by atoms with E-state index in [-0.39, 0.29) is 0 Å². The zero-order chi connectivity index (χ0) is 12.2. The Morgan fingerprint density at radius 3 is 2.53 bits per heavy atom. The van der Waals surface area contributed by atoms with Crippen molar-refractivity contribution in [3.8, 4) is 0 Å². The fourth-order valence-corrected chi connectivity index (χ4v) is 3.57. The van der Waals surface area contributed by atoms with Crippen molar-refractivity contribution in [1.29, 1.82) is 0 Å². The van der Waals surface area contributed by atoms with Crippen molar-refractivity contribution >= 4 is 0 Å². The largest absolute Gasteiger partial charge is 0.155 e. The molecule has 2 aliphatic rings. The van der Waals surface area contributed by atoms with Gasteiger partial charge in [0.15, 0.2) is 0 Å². The first-order valence-corrected chi connectivity index (χ1v) is 6.81. The number of rotatable bonds is 1. The van der Waals surface area contributed by atoms with E-state index in [1.165, 1.54) is 36.2 Å². The van der Waals surface area contributed by atoms with Crippen LogP contribution in [-0.4, -0.2) is 10.2 Å². The van der Waals surface area contributed by atoms with Crippen LogP contribution in [0.2, 0.25) is 0 Å². The van der Waals surface area contributed by atoms with Crippen LogP contribution in [-0.2, 0) is 6.42 Å². The van der Waals surface area contributed by atoms with Crippen LogP contribution >= 0.6 is 0 Å². The molecule has 0 amide bonds. The number of fused-ring (bicyclic) bond motifs is 5. The molecule has 1 fully saturated rings. The molecule has 17 heavy (non-hydrogen) atoms. The van der Waals surface area contributed by atoms with Crippen LogP contribution in [0, 0.1) is 12.3 Å². The summed E-state index contributed by atoms with van der Waals surface area (Å²) < 4.78 is 0. The summed E-state index contributed by atoms with van der Waals surface area (Å²) in [5.74, 6) is 1.52. The maximum absolute atomic E-state index is 4.54. The van der Waals surface area contributed by atoms with E-state index < -0.39 is 0 Å². The van der Waals surface area contributed by atoms with E-state index in [0.717, 1.165) is 18.3 Å². The average molecular weight is 230 g/mol. The van der Waals surface area contributed by atoms with Crippen LogP contribution in [0.15, 0.2) is 0 Å². The molecule has 2 aliphatic carbocycles. The highest BCUT2D eigenvalue weighted by Crippen LogP contribution is 2.53. The van der Waals surface area contributed by atoms with Crippen LogP contribution in [0.1, 0.15) is 74.4 Å². The van der Waals surface area contributed by atoms with Gasteiger partial charge in [0.1, 0.15) is 0 Å². The van der Waals surface area contributed by atoms with Gasteiger partial charge in [0.25, 0.3) is 0 Å². The van der Waals surface area contributed by atoms with Crippen molar-refractivity contribution in [2.75, 3.05) is 0 Å². The standard InChI is InChI=1S/C15H22N2/c1-9-12(8-15(2,3)4)16-17-14-11-6-5-10(7-11)13(9)14/h10-11H,5-8H2,1-4H3/t10-,11+/m0/s1. The van der Waals surface area contributed by atoms with Gasteiger partial charge in [-0.3, -0.25) is 0 Å². The lowest BCUT2D eigenvalue weighted by Gasteiger charge is -2.22. The highest BCUT2D eigenvalue weighted by molar-refractivity contribution is 5.43.